The fraction of sp³-hybridized carbons (Fsp3) is 0.562. The molecule has 1 unspecified atom stereocenters. The highest BCUT2D eigenvalue weighted by Gasteiger charge is 2.46. The molecule has 1 aliphatic rings. The van der Waals surface area contributed by atoms with Crippen LogP contribution in [0.5, 0.6) is 5.75 Å². The summed E-state index contributed by atoms with van der Waals surface area (Å²) in [7, 11) is 1.69. The van der Waals surface area contributed by atoms with Crippen LogP contribution < -0.4 is 4.74 Å². The SMILES string of the molecule is CCc1cc(C2(C(C#N)CC)COC2)ccc1OC. The van der Waals surface area contributed by atoms with Crippen molar-refractivity contribution in [2.45, 2.75) is 32.1 Å². The summed E-state index contributed by atoms with van der Waals surface area (Å²) in [4.78, 5) is 0. The predicted octanol–water partition coefficient (Wildman–Crippen LogP) is 3.08. The van der Waals surface area contributed by atoms with Crippen LogP contribution in [0.3, 0.4) is 0 Å². The Morgan fingerprint density at radius 3 is 2.58 bits per heavy atom. The van der Waals surface area contributed by atoms with Gasteiger partial charge in [-0.25, -0.2) is 0 Å². The van der Waals surface area contributed by atoms with Crippen LogP contribution in [-0.2, 0) is 16.6 Å². The van der Waals surface area contributed by atoms with Gasteiger partial charge in [0.25, 0.3) is 0 Å². The van der Waals surface area contributed by atoms with Gasteiger partial charge in [0.1, 0.15) is 5.75 Å². The average molecular weight is 259 g/mol. The summed E-state index contributed by atoms with van der Waals surface area (Å²) < 4.78 is 10.8. The second-order valence-electron chi connectivity index (χ2n) is 5.12. The second-order valence-corrected chi connectivity index (χ2v) is 5.12. The highest BCUT2D eigenvalue weighted by molar-refractivity contribution is 5.42. The van der Waals surface area contributed by atoms with Crippen molar-refractivity contribution in [3.05, 3.63) is 29.3 Å². The molecule has 0 aromatic heterocycles. The zero-order valence-corrected chi connectivity index (χ0v) is 11.9. The van der Waals surface area contributed by atoms with Crippen LogP contribution in [0.1, 0.15) is 31.4 Å². The largest absolute Gasteiger partial charge is 0.496 e. The van der Waals surface area contributed by atoms with Crippen molar-refractivity contribution in [3.63, 3.8) is 0 Å². The number of hydrogen-bond donors (Lipinski definition) is 0. The Hall–Kier alpha value is -1.53. The number of nitrogens with zero attached hydrogens (tertiary/aromatic N) is 1. The van der Waals surface area contributed by atoms with E-state index in [4.69, 9.17) is 9.47 Å². The Bertz CT molecular complexity index is 486. The minimum absolute atomic E-state index is 0.0133. The van der Waals surface area contributed by atoms with Crippen LogP contribution in [0, 0.1) is 17.2 Å². The lowest BCUT2D eigenvalue weighted by atomic mass is 9.68. The molecule has 0 N–H and O–H groups in total. The van der Waals surface area contributed by atoms with E-state index in [1.165, 1.54) is 11.1 Å². The highest BCUT2D eigenvalue weighted by atomic mass is 16.5. The van der Waals surface area contributed by atoms with Gasteiger partial charge in [-0.05, 0) is 30.0 Å². The molecule has 102 valence electrons. The molecule has 1 heterocycles. The van der Waals surface area contributed by atoms with Gasteiger partial charge in [0.05, 0.1) is 37.7 Å². The van der Waals surface area contributed by atoms with Gasteiger partial charge in [-0.15, -0.1) is 0 Å². The first-order valence-corrected chi connectivity index (χ1v) is 6.86. The van der Waals surface area contributed by atoms with E-state index in [2.05, 4.69) is 32.0 Å². The summed E-state index contributed by atoms with van der Waals surface area (Å²) >= 11 is 0. The number of ether oxygens (including phenoxy) is 2. The lowest BCUT2D eigenvalue weighted by molar-refractivity contribution is -0.0805. The Morgan fingerprint density at radius 1 is 1.42 bits per heavy atom. The number of rotatable bonds is 5. The van der Waals surface area contributed by atoms with Crippen LogP contribution in [0.2, 0.25) is 0 Å². The summed E-state index contributed by atoms with van der Waals surface area (Å²) in [5, 5.41) is 9.38. The molecule has 0 radical (unpaired) electrons. The Balaban J connectivity index is 2.42. The maximum atomic E-state index is 9.38. The zero-order valence-electron chi connectivity index (χ0n) is 11.9. The fourth-order valence-corrected chi connectivity index (χ4v) is 2.86. The molecule has 3 nitrogen and oxygen atoms in total. The molecular weight excluding hydrogens is 238 g/mol. The van der Waals surface area contributed by atoms with Crippen LogP contribution in [0.4, 0.5) is 0 Å². The van der Waals surface area contributed by atoms with E-state index in [1.54, 1.807) is 7.11 Å². The molecule has 1 saturated heterocycles. The topological polar surface area (TPSA) is 42.2 Å². The van der Waals surface area contributed by atoms with E-state index >= 15 is 0 Å². The molecule has 1 fully saturated rings. The van der Waals surface area contributed by atoms with Crippen molar-refractivity contribution in [1.82, 2.24) is 0 Å². The first kappa shape index (κ1) is 13.9. The first-order chi connectivity index (χ1) is 9.21. The van der Waals surface area contributed by atoms with Gasteiger partial charge in [-0.1, -0.05) is 26.0 Å². The minimum atomic E-state index is -0.125. The van der Waals surface area contributed by atoms with Gasteiger partial charge in [0.2, 0.25) is 0 Å². The maximum Gasteiger partial charge on any atom is 0.122 e. The van der Waals surface area contributed by atoms with Crippen molar-refractivity contribution in [2.75, 3.05) is 20.3 Å². The Kier molecular flexibility index (Phi) is 4.11. The van der Waals surface area contributed by atoms with Crippen LogP contribution in [0.15, 0.2) is 18.2 Å². The van der Waals surface area contributed by atoms with E-state index in [0.717, 1.165) is 18.6 Å². The fourth-order valence-electron chi connectivity index (χ4n) is 2.86. The summed E-state index contributed by atoms with van der Waals surface area (Å²) in [5.41, 5.74) is 2.28. The molecule has 1 aromatic rings. The van der Waals surface area contributed by atoms with E-state index in [-0.39, 0.29) is 11.3 Å². The summed E-state index contributed by atoms with van der Waals surface area (Å²) in [5.74, 6) is 0.936. The molecule has 0 amide bonds. The van der Waals surface area contributed by atoms with Gasteiger partial charge < -0.3 is 9.47 Å². The van der Waals surface area contributed by atoms with Gasteiger partial charge in [-0.3, -0.25) is 0 Å². The third-order valence-electron chi connectivity index (χ3n) is 4.19. The zero-order chi connectivity index (χ0) is 13.9. The van der Waals surface area contributed by atoms with E-state index in [0.29, 0.717) is 13.2 Å². The third-order valence-corrected chi connectivity index (χ3v) is 4.19. The van der Waals surface area contributed by atoms with Crippen molar-refractivity contribution in [2.24, 2.45) is 5.92 Å². The molecule has 1 atom stereocenters. The van der Waals surface area contributed by atoms with Crippen molar-refractivity contribution in [1.29, 1.82) is 5.26 Å². The van der Waals surface area contributed by atoms with Crippen LogP contribution in [-0.4, -0.2) is 20.3 Å². The standard InChI is InChI=1S/C16H21NO2/c1-4-12-8-14(6-7-15(12)18-3)16(10-19-11-16)13(5-2)9-17/h6-8,13H,4-5,10-11H2,1-3H3. The number of benzene rings is 1. The maximum absolute atomic E-state index is 9.38. The van der Waals surface area contributed by atoms with Gasteiger partial charge in [0, 0.05) is 0 Å². The number of methoxy groups -OCH3 is 1. The summed E-state index contributed by atoms with van der Waals surface area (Å²) in [6.07, 6.45) is 1.78. The van der Waals surface area contributed by atoms with Crippen LogP contribution in [0.25, 0.3) is 0 Å². The van der Waals surface area contributed by atoms with Gasteiger partial charge >= 0.3 is 0 Å². The lowest BCUT2D eigenvalue weighted by Gasteiger charge is -2.45. The third kappa shape index (κ3) is 2.21. The Morgan fingerprint density at radius 2 is 2.16 bits per heavy atom. The van der Waals surface area contributed by atoms with Gasteiger partial charge in [-0.2, -0.15) is 5.26 Å². The van der Waals surface area contributed by atoms with E-state index < -0.39 is 0 Å². The van der Waals surface area contributed by atoms with E-state index in [9.17, 15) is 5.26 Å². The quantitative estimate of drug-likeness (QED) is 0.816. The highest BCUT2D eigenvalue weighted by Crippen LogP contribution is 2.42. The summed E-state index contributed by atoms with van der Waals surface area (Å²) in [6, 6.07) is 8.73. The molecular formula is C16H21NO2. The number of hydrogen-bond acceptors (Lipinski definition) is 3. The molecule has 0 bridgehead atoms. The molecule has 1 aromatic carbocycles. The Labute approximate surface area is 115 Å². The monoisotopic (exact) mass is 259 g/mol. The molecule has 2 rings (SSSR count). The predicted molar refractivity (Wildman–Crippen MR) is 74.3 cm³/mol. The number of aryl methyl sites for hydroxylation is 1. The second kappa shape index (κ2) is 5.63. The normalized spacial score (nSPS) is 18.2. The molecule has 19 heavy (non-hydrogen) atoms. The van der Waals surface area contributed by atoms with Crippen molar-refractivity contribution >= 4 is 0 Å². The van der Waals surface area contributed by atoms with E-state index in [1.807, 2.05) is 6.07 Å². The molecule has 1 aliphatic heterocycles. The molecule has 3 heteroatoms. The van der Waals surface area contributed by atoms with Gasteiger partial charge in [0.15, 0.2) is 0 Å². The molecule has 0 spiro atoms. The lowest BCUT2D eigenvalue weighted by Crippen LogP contribution is -2.52. The number of nitriles is 1. The minimum Gasteiger partial charge on any atom is -0.496 e. The first-order valence-electron chi connectivity index (χ1n) is 6.86. The summed E-state index contributed by atoms with van der Waals surface area (Å²) in [6.45, 7) is 5.48. The smallest absolute Gasteiger partial charge is 0.122 e. The molecule has 0 aliphatic carbocycles. The van der Waals surface area contributed by atoms with Crippen LogP contribution >= 0.6 is 0 Å². The molecule has 0 saturated carbocycles. The van der Waals surface area contributed by atoms with Crippen molar-refractivity contribution < 1.29 is 9.47 Å². The average Bonchev–Trinajstić information content (AvgIpc) is 2.41. The van der Waals surface area contributed by atoms with Crippen molar-refractivity contribution in [3.8, 4) is 11.8 Å².